The molecular formula is C29H34N2O2. The first kappa shape index (κ1) is 23.1. The van der Waals surface area contributed by atoms with Gasteiger partial charge in [0.15, 0.2) is 0 Å². The van der Waals surface area contributed by atoms with Gasteiger partial charge in [-0.05, 0) is 105 Å². The van der Waals surface area contributed by atoms with Crippen molar-refractivity contribution < 1.29 is 9.53 Å². The summed E-state index contributed by atoms with van der Waals surface area (Å²) in [6.45, 7) is 4.31. The van der Waals surface area contributed by atoms with Gasteiger partial charge in [-0.2, -0.15) is 0 Å². The molecule has 1 heterocycles. The quantitative estimate of drug-likeness (QED) is 0.367. The summed E-state index contributed by atoms with van der Waals surface area (Å²) in [5.41, 5.74) is 4.79. The van der Waals surface area contributed by atoms with E-state index in [1.165, 1.54) is 16.7 Å². The number of ether oxygens (including phenoxy) is 1. The van der Waals surface area contributed by atoms with Gasteiger partial charge in [0.05, 0.1) is 0 Å². The minimum Gasteiger partial charge on any atom is -0.457 e. The third-order valence-corrected chi connectivity index (χ3v) is 6.39. The minimum atomic E-state index is 0.0870. The second-order valence-corrected chi connectivity index (χ2v) is 8.87. The molecule has 0 aliphatic carbocycles. The summed E-state index contributed by atoms with van der Waals surface area (Å²) < 4.78 is 6.05. The topological polar surface area (TPSA) is 50.4 Å². The number of benzene rings is 3. The number of hydrogen-bond acceptors (Lipinski definition) is 3. The number of unbranched alkanes of at least 4 members (excludes halogenated alkanes) is 1. The second-order valence-electron chi connectivity index (χ2n) is 8.87. The van der Waals surface area contributed by atoms with E-state index in [2.05, 4.69) is 35.8 Å². The van der Waals surface area contributed by atoms with Gasteiger partial charge in [-0.25, -0.2) is 0 Å². The first-order valence-electron chi connectivity index (χ1n) is 12.1. The van der Waals surface area contributed by atoms with Gasteiger partial charge in [0.25, 0.3) is 0 Å². The highest BCUT2D eigenvalue weighted by Gasteiger charge is 2.17. The zero-order valence-corrected chi connectivity index (χ0v) is 19.5. The van der Waals surface area contributed by atoms with Crippen LogP contribution in [0.25, 0.3) is 0 Å². The number of amides is 1. The van der Waals surface area contributed by atoms with Crippen LogP contribution in [0.1, 0.15) is 54.7 Å². The Balaban J connectivity index is 1.26. The molecule has 4 heteroatoms. The third kappa shape index (κ3) is 6.69. The van der Waals surface area contributed by atoms with Crippen LogP contribution in [0.5, 0.6) is 11.5 Å². The SMILES string of the molecule is Cc1ccc(NC(=O)CCCCc2ccccc2Oc2ccccc2)cc1C1CCNCC1. The molecule has 1 amide bonds. The Hall–Kier alpha value is -3.11. The highest BCUT2D eigenvalue weighted by atomic mass is 16.5. The van der Waals surface area contributed by atoms with E-state index in [1.54, 1.807) is 0 Å². The van der Waals surface area contributed by atoms with Crippen molar-refractivity contribution in [3.63, 3.8) is 0 Å². The molecule has 1 aliphatic rings. The first-order chi connectivity index (χ1) is 16.2. The molecule has 4 rings (SSSR count). The molecule has 33 heavy (non-hydrogen) atoms. The summed E-state index contributed by atoms with van der Waals surface area (Å²) >= 11 is 0. The number of carbonyl (C=O) groups excluding carboxylic acids is 1. The van der Waals surface area contributed by atoms with Gasteiger partial charge in [-0.15, -0.1) is 0 Å². The predicted molar refractivity (Wildman–Crippen MR) is 135 cm³/mol. The average Bonchev–Trinajstić information content (AvgIpc) is 2.85. The molecule has 3 aromatic carbocycles. The second kappa shape index (κ2) is 11.7. The molecule has 0 spiro atoms. The average molecular weight is 443 g/mol. The van der Waals surface area contributed by atoms with Gasteiger partial charge in [0.2, 0.25) is 5.91 Å². The van der Waals surface area contributed by atoms with E-state index in [-0.39, 0.29) is 5.91 Å². The number of para-hydroxylation sites is 2. The van der Waals surface area contributed by atoms with Gasteiger partial charge in [-0.3, -0.25) is 4.79 Å². The molecule has 2 N–H and O–H groups in total. The number of aryl methyl sites for hydroxylation is 2. The van der Waals surface area contributed by atoms with Gasteiger partial charge in [0, 0.05) is 12.1 Å². The number of hydrogen-bond donors (Lipinski definition) is 2. The van der Waals surface area contributed by atoms with Gasteiger partial charge < -0.3 is 15.4 Å². The summed E-state index contributed by atoms with van der Waals surface area (Å²) in [4.78, 5) is 12.6. The number of carbonyl (C=O) groups is 1. The molecule has 0 atom stereocenters. The van der Waals surface area contributed by atoms with E-state index < -0.39 is 0 Å². The smallest absolute Gasteiger partial charge is 0.224 e. The minimum absolute atomic E-state index is 0.0870. The maximum Gasteiger partial charge on any atom is 0.224 e. The van der Waals surface area contributed by atoms with Crippen molar-refractivity contribution >= 4 is 11.6 Å². The molecule has 1 aliphatic heterocycles. The Morgan fingerprint density at radius 2 is 1.73 bits per heavy atom. The van der Waals surface area contributed by atoms with E-state index in [4.69, 9.17) is 4.74 Å². The van der Waals surface area contributed by atoms with Crippen LogP contribution in [0, 0.1) is 6.92 Å². The Morgan fingerprint density at radius 3 is 2.55 bits per heavy atom. The molecule has 4 nitrogen and oxygen atoms in total. The van der Waals surface area contributed by atoms with E-state index in [0.717, 1.165) is 62.4 Å². The van der Waals surface area contributed by atoms with Crippen molar-refractivity contribution in [2.24, 2.45) is 0 Å². The van der Waals surface area contributed by atoms with Crippen LogP contribution in [-0.4, -0.2) is 19.0 Å². The van der Waals surface area contributed by atoms with Crippen LogP contribution in [0.3, 0.4) is 0 Å². The van der Waals surface area contributed by atoms with E-state index in [1.807, 2.05) is 54.6 Å². The van der Waals surface area contributed by atoms with Crippen molar-refractivity contribution in [2.45, 2.75) is 51.4 Å². The highest BCUT2D eigenvalue weighted by molar-refractivity contribution is 5.90. The molecule has 3 aromatic rings. The van der Waals surface area contributed by atoms with Gasteiger partial charge in [-0.1, -0.05) is 42.5 Å². The standard InChI is InChI=1S/C29H34N2O2/c1-22-15-16-25(21-27(22)23-17-19-30-20-18-23)31-29(32)14-8-6-10-24-9-5-7-13-28(24)33-26-11-3-2-4-12-26/h2-5,7,9,11-13,15-16,21,23,30H,6,8,10,14,17-20H2,1H3,(H,31,32). The summed E-state index contributed by atoms with van der Waals surface area (Å²) in [6.07, 6.45) is 5.52. The van der Waals surface area contributed by atoms with E-state index in [9.17, 15) is 4.79 Å². The van der Waals surface area contributed by atoms with Crippen molar-refractivity contribution in [2.75, 3.05) is 18.4 Å². The summed E-state index contributed by atoms with van der Waals surface area (Å²) in [5.74, 6) is 2.40. The van der Waals surface area contributed by atoms with E-state index in [0.29, 0.717) is 12.3 Å². The number of nitrogens with one attached hydrogen (secondary N) is 2. The lowest BCUT2D eigenvalue weighted by molar-refractivity contribution is -0.116. The Bertz CT molecular complexity index is 1040. The van der Waals surface area contributed by atoms with Crippen molar-refractivity contribution in [3.05, 3.63) is 89.5 Å². The lowest BCUT2D eigenvalue weighted by Crippen LogP contribution is -2.27. The Labute approximate surface area is 197 Å². The monoisotopic (exact) mass is 442 g/mol. The molecule has 0 radical (unpaired) electrons. The number of piperidine rings is 1. The van der Waals surface area contributed by atoms with Crippen LogP contribution in [0.4, 0.5) is 5.69 Å². The largest absolute Gasteiger partial charge is 0.457 e. The fourth-order valence-electron chi connectivity index (χ4n) is 4.54. The third-order valence-electron chi connectivity index (χ3n) is 6.39. The molecule has 172 valence electrons. The summed E-state index contributed by atoms with van der Waals surface area (Å²) in [5, 5.41) is 6.54. The fraction of sp³-hybridized carbons (Fsp3) is 0.345. The summed E-state index contributed by atoms with van der Waals surface area (Å²) in [7, 11) is 0. The molecule has 1 fully saturated rings. The molecule has 1 saturated heterocycles. The normalized spacial score (nSPS) is 14.1. The fourth-order valence-corrected chi connectivity index (χ4v) is 4.54. The molecule has 0 unspecified atom stereocenters. The van der Waals surface area contributed by atoms with Crippen molar-refractivity contribution in [1.82, 2.24) is 5.32 Å². The molecule has 0 aromatic heterocycles. The molecular weight excluding hydrogens is 408 g/mol. The first-order valence-corrected chi connectivity index (χ1v) is 12.1. The Kier molecular flexibility index (Phi) is 8.15. The lowest BCUT2D eigenvalue weighted by atomic mass is 9.87. The summed E-state index contributed by atoms with van der Waals surface area (Å²) in [6, 6.07) is 24.3. The van der Waals surface area contributed by atoms with Gasteiger partial charge >= 0.3 is 0 Å². The number of rotatable bonds is 9. The predicted octanol–water partition coefficient (Wildman–Crippen LogP) is 6.61. The Morgan fingerprint density at radius 1 is 0.970 bits per heavy atom. The van der Waals surface area contributed by atoms with Crippen LogP contribution < -0.4 is 15.4 Å². The zero-order valence-electron chi connectivity index (χ0n) is 19.5. The lowest BCUT2D eigenvalue weighted by Gasteiger charge is -2.25. The maximum absolute atomic E-state index is 12.6. The van der Waals surface area contributed by atoms with Crippen LogP contribution in [0.2, 0.25) is 0 Å². The van der Waals surface area contributed by atoms with E-state index >= 15 is 0 Å². The number of anilines is 1. The highest BCUT2D eigenvalue weighted by Crippen LogP contribution is 2.30. The van der Waals surface area contributed by atoms with Gasteiger partial charge in [0.1, 0.15) is 11.5 Å². The van der Waals surface area contributed by atoms with Crippen LogP contribution in [0.15, 0.2) is 72.8 Å². The van der Waals surface area contributed by atoms with Crippen LogP contribution in [-0.2, 0) is 11.2 Å². The van der Waals surface area contributed by atoms with Crippen molar-refractivity contribution in [3.8, 4) is 11.5 Å². The van der Waals surface area contributed by atoms with Crippen LogP contribution >= 0.6 is 0 Å². The zero-order chi connectivity index (χ0) is 22.9. The molecule has 0 saturated carbocycles. The molecule has 0 bridgehead atoms. The van der Waals surface area contributed by atoms with Crippen molar-refractivity contribution in [1.29, 1.82) is 0 Å². The maximum atomic E-state index is 12.6.